The fourth-order valence-corrected chi connectivity index (χ4v) is 2.84. The molecular formula is C15H15N3O3S. The highest BCUT2D eigenvalue weighted by Gasteiger charge is 2.14. The van der Waals surface area contributed by atoms with Gasteiger partial charge >= 0.3 is 0 Å². The van der Waals surface area contributed by atoms with Crippen LogP contribution in [0.1, 0.15) is 16.1 Å². The second-order valence-corrected chi connectivity index (χ2v) is 5.45. The van der Waals surface area contributed by atoms with E-state index in [-0.39, 0.29) is 5.91 Å². The molecule has 7 heteroatoms. The summed E-state index contributed by atoms with van der Waals surface area (Å²) in [6.07, 6.45) is 3.83. The highest BCUT2D eigenvalue weighted by Crippen LogP contribution is 2.23. The molecule has 0 radical (unpaired) electrons. The molecule has 114 valence electrons. The molecular weight excluding hydrogens is 302 g/mol. The number of fused-ring (bicyclic) bond motifs is 1. The fraction of sp³-hybridized carbons (Fsp3) is 0.200. The summed E-state index contributed by atoms with van der Waals surface area (Å²) in [5.41, 5.74) is 1.24. The van der Waals surface area contributed by atoms with Gasteiger partial charge in [0.05, 0.1) is 32.0 Å². The van der Waals surface area contributed by atoms with E-state index in [0.29, 0.717) is 23.6 Å². The first-order valence-corrected chi connectivity index (χ1v) is 7.50. The lowest BCUT2D eigenvalue weighted by Gasteiger charge is -2.10. The topological polar surface area (TPSA) is 64.9 Å². The van der Waals surface area contributed by atoms with Gasteiger partial charge in [-0.05, 0) is 18.2 Å². The van der Waals surface area contributed by atoms with Crippen LogP contribution in [0.4, 0.5) is 0 Å². The van der Waals surface area contributed by atoms with Crippen LogP contribution in [0.3, 0.4) is 0 Å². The Morgan fingerprint density at radius 2 is 2.23 bits per heavy atom. The number of imidazole rings is 1. The van der Waals surface area contributed by atoms with Gasteiger partial charge in [-0.25, -0.2) is 4.98 Å². The van der Waals surface area contributed by atoms with E-state index in [1.807, 2.05) is 22.2 Å². The second kappa shape index (κ2) is 6.07. The minimum absolute atomic E-state index is 0.230. The molecule has 6 nitrogen and oxygen atoms in total. The van der Waals surface area contributed by atoms with Crippen LogP contribution in [-0.4, -0.2) is 29.5 Å². The van der Waals surface area contributed by atoms with Crippen LogP contribution >= 0.6 is 11.3 Å². The van der Waals surface area contributed by atoms with E-state index in [0.717, 1.165) is 10.7 Å². The summed E-state index contributed by atoms with van der Waals surface area (Å²) in [4.78, 5) is 17.7. The van der Waals surface area contributed by atoms with Gasteiger partial charge in [-0.15, -0.1) is 11.3 Å². The van der Waals surface area contributed by atoms with E-state index in [1.54, 1.807) is 36.6 Å². The number of carbonyl (C=O) groups is 1. The maximum absolute atomic E-state index is 12.3. The molecule has 0 saturated carbocycles. The van der Waals surface area contributed by atoms with Crippen molar-refractivity contribution in [3.63, 3.8) is 0 Å². The Morgan fingerprint density at radius 3 is 2.95 bits per heavy atom. The molecule has 1 aromatic carbocycles. The molecule has 0 unspecified atom stereocenters. The quantitative estimate of drug-likeness (QED) is 0.784. The lowest BCUT2D eigenvalue weighted by molar-refractivity contribution is 0.0947. The third-order valence-corrected chi connectivity index (χ3v) is 4.00. The van der Waals surface area contributed by atoms with Gasteiger partial charge in [-0.2, -0.15) is 0 Å². The standard InChI is InChI=1S/C15H15N3O3S/c1-20-11-3-4-13(21-2)12(7-11)14(19)16-8-10-9-18-5-6-22-15(18)17-10/h3-7,9H,8H2,1-2H3,(H,16,19). The number of nitrogens with one attached hydrogen (secondary N) is 1. The monoisotopic (exact) mass is 317 g/mol. The summed E-state index contributed by atoms with van der Waals surface area (Å²) in [6.45, 7) is 0.355. The van der Waals surface area contributed by atoms with Crippen LogP contribution in [0.2, 0.25) is 0 Å². The zero-order chi connectivity index (χ0) is 15.5. The molecule has 0 atom stereocenters. The SMILES string of the molecule is COc1ccc(OC)c(C(=O)NCc2cn3ccsc3n2)c1. The van der Waals surface area contributed by atoms with Crippen LogP contribution in [0.5, 0.6) is 11.5 Å². The highest BCUT2D eigenvalue weighted by molar-refractivity contribution is 7.15. The summed E-state index contributed by atoms with van der Waals surface area (Å²) < 4.78 is 12.3. The van der Waals surface area contributed by atoms with Crippen molar-refractivity contribution in [2.75, 3.05) is 14.2 Å². The summed E-state index contributed by atoms with van der Waals surface area (Å²) in [7, 11) is 3.09. The van der Waals surface area contributed by atoms with Gasteiger partial charge in [0.15, 0.2) is 4.96 Å². The molecule has 0 aliphatic rings. The number of aromatic nitrogens is 2. The van der Waals surface area contributed by atoms with E-state index in [2.05, 4.69) is 10.3 Å². The number of thiazole rings is 1. The number of nitrogens with zero attached hydrogens (tertiary/aromatic N) is 2. The first-order chi connectivity index (χ1) is 10.7. The van der Waals surface area contributed by atoms with Crippen LogP contribution in [0.25, 0.3) is 4.96 Å². The number of ether oxygens (including phenoxy) is 2. The Hall–Kier alpha value is -2.54. The summed E-state index contributed by atoms with van der Waals surface area (Å²) in [5.74, 6) is 0.879. The average molecular weight is 317 g/mol. The molecule has 0 fully saturated rings. The van der Waals surface area contributed by atoms with E-state index < -0.39 is 0 Å². The zero-order valence-electron chi connectivity index (χ0n) is 12.2. The second-order valence-electron chi connectivity index (χ2n) is 4.57. The number of hydrogen-bond acceptors (Lipinski definition) is 5. The van der Waals surface area contributed by atoms with Gasteiger partial charge in [-0.3, -0.25) is 9.20 Å². The van der Waals surface area contributed by atoms with Gasteiger partial charge in [0.1, 0.15) is 11.5 Å². The molecule has 0 spiro atoms. The van der Waals surface area contributed by atoms with Crippen molar-refractivity contribution < 1.29 is 14.3 Å². The molecule has 0 bridgehead atoms. The lowest BCUT2D eigenvalue weighted by Crippen LogP contribution is -2.23. The van der Waals surface area contributed by atoms with E-state index >= 15 is 0 Å². The highest BCUT2D eigenvalue weighted by atomic mass is 32.1. The molecule has 2 aromatic heterocycles. The van der Waals surface area contributed by atoms with Crippen molar-refractivity contribution in [3.05, 3.63) is 47.2 Å². The predicted octanol–water partition coefficient (Wildman–Crippen LogP) is 2.34. The van der Waals surface area contributed by atoms with Crippen molar-refractivity contribution in [3.8, 4) is 11.5 Å². The summed E-state index contributed by atoms with van der Waals surface area (Å²) >= 11 is 1.55. The third kappa shape index (κ3) is 2.75. The van der Waals surface area contributed by atoms with Crippen LogP contribution in [0.15, 0.2) is 36.0 Å². The number of methoxy groups -OCH3 is 2. The van der Waals surface area contributed by atoms with Crippen LogP contribution < -0.4 is 14.8 Å². The van der Waals surface area contributed by atoms with Crippen molar-refractivity contribution in [2.24, 2.45) is 0 Å². The largest absolute Gasteiger partial charge is 0.497 e. The van der Waals surface area contributed by atoms with Gasteiger partial charge in [0, 0.05) is 17.8 Å². The smallest absolute Gasteiger partial charge is 0.255 e. The number of amides is 1. The maximum Gasteiger partial charge on any atom is 0.255 e. The van der Waals surface area contributed by atoms with Crippen molar-refractivity contribution >= 4 is 22.2 Å². The number of rotatable bonds is 5. The van der Waals surface area contributed by atoms with E-state index in [9.17, 15) is 4.79 Å². The first kappa shape index (κ1) is 14.4. The minimum atomic E-state index is -0.230. The number of hydrogen-bond donors (Lipinski definition) is 1. The molecule has 0 aliphatic carbocycles. The maximum atomic E-state index is 12.3. The first-order valence-electron chi connectivity index (χ1n) is 6.62. The average Bonchev–Trinajstić information content (AvgIpc) is 3.13. The Balaban J connectivity index is 1.75. The Kier molecular flexibility index (Phi) is 3.97. The Morgan fingerprint density at radius 1 is 1.36 bits per heavy atom. The molecule has 1 N–H and O–H groups in total. The minimum Gasteiger partial charge on any atom is -0.497 e. The van der Waals surface area contributed by atoms with Crippen molar-refractivity contribution in [1.82, 2.24) is 14.7 Å². The van der Waals surface area contributed by atoms with Gasteiger partial charge < -0.3 is 14.8 Å². The van der Waals surface area contributed by atoms with Crippen molar-refractivity contribution in [2.45, 2.75) is 6.54 Å². The Labute approximate surface area is 131 Å². The molecule has 0 aliphatic heterocycles. The zero-order valence-corrected chi connectivity index (χ0v) is 13.0. The molecule has 3 aromatic rings. The number of benzene rings is 1. The Bertz CT molecular complexity index is 781. The number of carbonyl (C=O) groups excluding carboxylic acids is 1. The van der Waals surface area contributed by atoms with Crippen molar-refractivity contribution in [1.29, 1.82) is 0 Å². The van der Waals surface area contributed by atoms with Crippen LogP contribution in [0, 0.1) is 0 Å². The van der Waals surface area contributed by atoms with E-state index in [1.165, 1.54) is 7.11 Å². The van der Waals surface area contributed by atoms with Gasteiger partial charge in [0.25, 0.3) is 5.91 Å². The predicted molar refractivity (Wildman–Crippen MR) is 83.8 cm³/mol. The third-order valence-electron chi connectivity index (χ3n) is 3.22. The summed E-state index contributed by atoms with van der Waals surface area (Å²) in [5, 5.41) is 4.81. The molecule has 22 heavy (non-hydrogen) atoms. The normalized spacial score (nSPS) is 10.6. The molecule has 2 heterocycles. The molecule has 0 saturated heterocycles. The fourth-order valence-electron chi connectivity index (χ4n) is 2.12. The molecule has 3 rings (SSSR count). The summed E-state index contributed by atoms with van der Waals surface area (Å²) in [6, 6.07) is 5.11. The van der Waals surface area contributed by atoms with E-state index in [4.69, 9.17) is 9.47 Å². The van der Waals surface area contributed by atoms with Gasteiger partial charge in [-0.1, -0.05) is 0 Å². The lowest BCUT2D eigenvalue weighted by atomic mass is 10.1. The van der Waals surface area contributed by atoms with Crippen LogP contribution in [-0.2, 0) is 6.54 Å². The molecule has 1 amide bonds. The van der Waals surface area contributed by atoms with Gasteiger partial charge in [0.2, 0.25) is 0 Å².